The highest BCUT2D eigenvalue weighted by Gasteiger charge is 2.18. The summed E-state index contributed by atoms with van der Waals surface area (Å²) in [6, 6.07) is 5.80. The van der Waals surface area contributed by atoms with E-state index in [4.69, 9.17) is 0 Å². The van der Waals surface area contributed by atoms with Crippen LogP contribution in [0.15, 0.2) is 29.8 Å². The molecular formula is C15H17N3OS. The fourth-order valence-corrected chi connectivity index (χ4v) is 3.19. The molecule has 0 N–H and O–H groups in total. The second kappa shape index (κ2) is 6.13. The zero-order valence-electron chi connectivity index (χ0n) is 11.3. The summed E-state index contributed by atoms with van der Waals surface area (Å²) in [7, 11) is 0. The number of hydrogen-bond donors (Lipinski definition) is 0. The lowest BCUT2D eigenvalue weighted by Crippen LogP contribution is -2.27. The van der Waals surface area contributed by atoms with Gasteiger partial charge in [0.15, 0.2) is 0 Å². The summed E-state index contributed by atoms with van der Waals surface area (Å²) < 4.78 is 0. The van der Waals surface area contributed by atoms with Crippen LogP contribution < -0.4 is 0 Å². The Morgan fingerprint density at radius 1 is 1.25 bits per heavy atom. The van der Waals surface area contributed by atoms with Crippen molar-refractivity contribution in [3.63, 3.8) is 0 Å². The summed E-state index contributed by atoms with van der Waals surface area (Å²) >= 11 is 1.61. The standard InChI is InChI=1S/C15H17N3OS/c19-15(18-9-3-4-10-18)7-6-14-17-13(11-20-14)12-5-1-2-8-16-12/h1-2,5,8,11H,3-4,6-7,9-10H2. The van der Waals surface area contributed by atoms with Crippen molar-refractivity contribution in [2.75, 3.05) is 13.1 Å². The minimum atomic E-state index is 0.261. The molecule has 5 heteroatoms. The first-order chi connectivity index (χ1) is 9.83. The molecule has 0 atom stereocenters. The minimum Gasteiger partial charge on any atom is -0.343 e. The molecule has 2 aromatic rings. The number of hydrogen-bond acceptors (Lipinski definition) is 4. The van der Waals surface area contributed by atoms with Gasteiger partial charge in [-0.1, -0.05) is 6.07 Å². The van der Waals surface area contributed by atoms with Crippen LogP contribution in [0.2, 0.25) is 0 Å². The molecule has 1 aliphatic heterocycles. The number of aryl methyl sites for hydroxylation is 1. The third-order valence-corrected chi connectivity index (χ3v) is 4.40. The maximum atomic E-state index is 12.0. The molecule has 104 valence electrons. The van der Waals surface area contributed by atoms with Gasteiger partial charge in [-0.05, 0) is 25.0 Å². The van der Waals surface area contributed by atoms with Crippen LogP contribution in [0.4, 0.5) is 0 Å². The van der Waals surface area contributed by atoms with Crippen LogP contribution in [-0.2, 0) is 11.2 Å². The second-order valence-corrected chi connectivity index (χ2v) is 5.87. The number of thiazole rings is 1. The number of amides is 1. The first-order valence-electron chi connectivity index (χ1n) is 6.96. The predicted octanol–water partition coefficient (Wildman–Crippen LogP) is 2.76. The van der Waals surface area contributed by atoms with Gasteiger partial charge >= 0.3 is 0 Å². The highest BCUT2D eigenvalue weighted by Crippen LogP contribution is 2.21. The monoisotopic (exact) mass is 287 g/mol. The van der Waals surface area contributed by atoms with Crippen molar-refractivity contribution in [3.8, 4) is 11.4 Å². The summed E-state index contributed by atoms with van der Waals surface area (Å²) in [5, 5.41) is 3.02. The minimum absolute atomic E-state index is 0.261. The molecule has 0 aliphatic carbocycles. The average Bonchev–Trinajstić information content (AvgIpc) is 3.17. The SMILES string of the molecule is O=C(CCc1nc(-c2ccccn2)cs1)N1CCCC1. The fraction of sp³-hybridized carbons (Fsp3) is 0.400. The molecular weight excluding hydrogens is 270 g/mol. The van der Waals surface area contributed by atoms with Gasteiger partial charge in [-0.2, -0.15) is 0 Å². The smallest absolute Gasteiger partial charge is 0.222 e. The summed E-state index contributed by atoms with van der Waals surface area (Å²) in [5.74, 6) is 0.261. The van der Waals surface area contributed by atoms with Gasteiger partial charge in [0.2, 0.25) is 5.91 Å². The fourth-order valence-electron chi connectivity index (χ4n) is 2.40. The maximum absolute atomic E-state index is 12.0. The third kappa shape index (κ3) is 3.04. The Morgan fingerprint density at radius 3 is 2.85 bits per heavy atom. The van der Waals surface area contributed by atoms with E-state index in [2.05, 4.69) is 9.97 Å². The van der Waals surface area contributed by atoms with Gasteiger partial charge in [-0.25, -0.2) is 4.98 Å². The number of carbonyl (C=O) groups is 1. The number of carbonyl (C=O) groups excluding carboxylic acids is 1. The zero-order valence-corrected chi connectivity index (χ0v) is 12.1. The Labute approximate surface area is 122 Å². The largest absolute Gasteiger partial charge is 0.343 e. The Hall–Kier alpha value is -1.75. The summed E-state index contributed by atoms with van der Waals surface area (Å²) in [6.45, 7) is 1.85. The van der Waals surface area contributed by atoms with E-state index in [1.165, 1.54) is 0 Å². The van der Waals surface area contributed by atoms with Gasteiger partial charge in [0.1, 0.15) is 0 Å². The number of rotatable bonds is 4. The number of nitrogens with zero attached hydrogens (tertiary/aromatic N) is 3. The molecule has 1 saturated heterocycles. The van der Waals surface area contributed by atoms with Gasteiger partial charge < -0.3 is 4.90 Å². The normalized spacial score (nSPS) is 14.7. The van der Waals surface area contributed by atoms with Crippen LogP contribution in [0.1, 0.15) is 24.3 Å². The molecule has 1 aliphatic rings. The van der Waals surface area contributed by atoms with E-state index in [0.29, 0.717) is 6.42 Å². The van der Waals surface area contributed by atoms with E-state index < -0.39 is 0 Å². The molecule has 0 saturated carbocycles. The van der Waals surface area contributed by atoms with Crippen LogP contribution in [0.5, 0.6) is 0 Å². The number of pyridine rings is 1. The number of aromatic nitrogens is 2. The van der Waals surface area contributed by atoms with Crippen LogP contribution in [0, 0.1) is 0 Å². The molecule has 4 nitrogen and oxygen atoms in total. The van der Waals surface area contributed by atoms with Crippen LogP contribution in [-0.4, -0.2) is 33.9 Å². The van der Waals surface area contributed by atoms with Crippen molar-refractivity contribution < 1.29 is 4.79 Å². The highest BCUT2D eigenvalue weighted by atomic mass is 32.1. The summed E-state index contributed by atoms with van der Waals surface area (Å²) in [4.78, 5) is 22.8. The van der Waals surface area contributed by atoms with Gasteiger partial charge in [-0.15, -0.1) is 11.3 Å². The van der Waals surface area contributed by atoms with E-state index in [-0.39, 0.29) is 5.91 Å². The molecule has 0 radical (unpaired) electrons. The molecule has 0 unspecified atom stereocenters. The lowest BCUT2D eigenvalue weighted by Gasteiger charge is -2.14. The second-order valence-electron chi connectivity index (χ2n) is 4.93. The predicted molar refractivity (Wildman–Crippen MR) is 79.5 cm³/mol. The molecule has 0 spiro atoms. The first kappa shape index (κ1) is 13.2. The Morgan fingerprint density at radius 2 is 2.10 bits per heavy atom. The van der Waals surface area contributed by atoms with Gasteiger partial charge in [-0.3, -0.25) is 9.78 Å². The van der Waals surface area contributed by atoms with E-state index in [1.807, 2.05) is 28.5 Å². The highest BCUT2D eigenvalue weighted by molar-refractivity contribution is 7.09. The molecule has 2 aromatic heterocycles. The van der Waals surface area contributed by atoms with Crippen molar-refractivity contribution in [3.05, 3.63) is 34.8 Å². The van der Waals surface area contributed by atoms with Gasteiger partial charge in [0.25, 0.3) is 0 Å². The third-order valence-electron chi connectivity index (χ3n) is 3.49. The molecule has 1 amide bonds. The zero-order chi connectivity index (χ0) is 13.8. The first-order valence-corrected chi connectivity index (χ1v) is 7.84. The molecule has 3 rings (SSSR count). The Balaban J connectivity index is 1.59. The van der Waals surface area contributed by atoms with Gasteiger partial charge in [0.05, 0.1) is 16.4 Å². The average molecular weight is 287 g/mol. The molecule has 20 heavy (non-hydrogen) atoms. The lowest BCUT2D eigenvalue weighted by molar-refractivity contribution is -0.130. The Bertz CT molecular complexity index is 576. The van der Waals surface area contributed by atoms with E-state index in [1.54, 1.807) is 17.5 Å². The van der Waals surface area contributed by atoms with Crippen LogP contribution in [0.25, 0.3) is 11.4 Å². The molecule has 3 heterocycles. The van der Waals surface area contributed by atoms with E-state index in [0.717, 1.165) is 48.7 Å². The quantitative estimate of drug-likeness (QED) is 0.868. The number of likely N-dealkylation sites (tertiary alicyclic amines) is 1. The van der Waals surface area contributed by atoms with Crippen molar-refractivity contribution in [1.29, 1.82) is 0 Å². The topological polar surface area (TPSA) is 46.1 Å². The van der Waals surface area contributed by atoms with Crippen LogP contribution in [0.3, 0.4) is 0 Å². The molecule has 1 fully saturated rings. The van der Waals surface area contributed by atoms with Crippen molar-refractivity contribution in [2.24, 2.45) is 0 Å². The van der Waals surface area contributed by atoms with Gasteiger partial charge in [0, 0.05) is 37.5 Å². The maximum Gasteiger partial charge on any atom is 0.222 e. The van der Waals surface area contributed by atoms with Crippen molar-refractivity contribution in [1.82, 2.24) is 14.9 Å². The Kier molecular flexibility index (Phi) is 4.06. The summed E-state index contributed by atoms with van der Waals surface area (Å²) in [5.41, 5.74) is 1.79. The molecule has 0 bridgehead atoms. The molecule has 0 aromatic carbocycles. The lowest BCUT2D eigenvalue weighted by atomic mass is 10.3. The van der Waals surface area contributed by atoms with Crippen LogP contribution >= 0.6 is 11.3 Å². The summed E-state index contributed by atoms with van der Waals surface area (Å²) in [6.07, 6.45) is 5.35. The van der Waals surface area contributed by atoms with Crippen molar-refractivity contribution >= 4 is 17.2 Å². The van der Waals surface area contributed by atoms with Crippen molar-refractivity contribution in [2.45, 2.75) is 25.7 Å². The van der Waals surface area contributed by atoms with E-state index in [9.17, 15) is 4.79 Å². The van der Waals surface area contributed by atoms with E-state index >= 15 is 0 Å².